The van der Waals surface area contributed by atoms with E-state index in [2.05, 4.69) is 10.2 Å². The molecule has 0 atom stereocenters. The van der Waals surface area contributed by atoms with Crippen molar-refractivity contribution in [2.75, 3.05) is 23.3 Å². The zero-order valence-corrected chi connectivity index (χ0v) is 14.1. The Balaban J connectivity index is 1.75. The standard InChI is InChI=1S/C20H22N2O2/c1-14-5-6-17(15(2)23)13-19(14)21-20(24)16-7-9-18(10-8-16)22-11-3-4-12-22/h5-10,13H,3-4,11-12H2,1-2H3,(H,21,24). The Morgan fingerprint density at radius 3 is 2.21 bits per heavy atom. The summed E-state index contributed by atoms with van der Waals surface area (Å²) in [6.07, 6.45) is 2.46. The van der Waals surface area contributed by atoms with E-state index in [9.17, 15) is 9.59 Å². The summed E-state index contributed by atoms with van der Waals surface area (Å²) in [7, 11) is 0. The third-order valence-corrected chi connectivity index (χ3v) is 4.49. The van der Waals surface area contributed by atoms with Crippen LogP contribution in [-0.2, 0) is 0 Å². The first-order valence-corrected chi connectivity index (χ1v) is 8.32. The number of carbonyl (C=O) groups is 2. The molecule has 4 nitrogen and oxygen atoms in total. The lowest BCUT2D eigenvalue weighted by atomic mass is 10.1. The van der Waals surface area contributed by atoms with Gasteiger partial charge in [-0.2, -0.15) is 0 Å². The van der Waals surface area contributed by atoms with E-state index in [0.29, 0.717) is 16.8 Å². The molecule has 0 saturated carbocycles. The summed E-state index contributed by atoms with van der Waals surface area (Å²) >= 11 is 0. The minimum Gasteiger partial charge on any atom is -0.372 e. The predicted molar refractivity (Wildman–Crippen MR) is 97.0 cm³/mol. The molecule has 1 aliphatic rings. The number of anilines is 2. The minimum atomic E-state index is -0.160. The Labute approximate surface area is 142 Å². The van der Waals surface area contributed by atoms with Crippen LogP contribution in [0.2, 0.25) is 0 Å². The van der Waals surface area contributed by atoms with Gasteiger partial charge in [-0.15, -0.1) is 0 Å². The molecule has 1 heterocycles. The summed E-state index contributed by atoms with van der Waals surface area (Å²) in [6.45, 7) is 5.61. The van der Waals surface area contributed by atoms with Crippen LogP contribution in [0.15, 0.2) is 42.5 Å². The number of nitrogens with zero attached hydrogens (tertiary/aromatic N) is 1. The van der Waals surface area contributed by atoms with Gasteiger partial charge in [0.1, 0.15) is 0 Å². The highest BCUT2D eigenvalue weighted by Gasteiger charge is 2.14. The average molecular weight is 322 g/mol. The summed E-state index contributed by atoms with van der Waals surface area (Å²) in [5.41, 5.74) is 3.99. The molecule has 4 heteroatoms. The third kappa shape index (κ3) is 3.48. The fraction of sp³-hybridized carbons (Fsp3) is 0.300. The molecule has 0 aliphatic carbocycles. The van der Waals surface area contributed by atoms with Gasteiger partial charge in [-0.3, -0.25) is 9.59 Å². The lowest BCUT2D eigenvalue weighted by Gasteiger charge is -2.17. The zero-order valence-electron chi connectivity index (χ0n) is 14.1. The maximum absolute atomic E-state index is 12.5. The third-order valence-electron chi connectivity index (χ3n) is 4.49. The van der Waals surface area contributed by atoms with Crippen molar-refractivity contribution in [3.8, 4) is 0 Å². The Bertz CT molecular complexity index is 760. The van der Waals surface area contributed by atoms with E-state index in [4.69, 9.17) is 0 Å². The molecule has 124 valence electrons. The van der Waals surface area contributed by atoms with Crippen LogP contribution in [0.1, 0.15) is 46.0 Å². The van der Waals surface area contributed by atoms with E-state index in [0.717, 1.165) is 18.7 Å². The summed E-state index contributed by atoms with van der Waals surface area (Å²) < 4.78 is 0. The first kappa shape index (κ1) is 16.2. The first-order valence-electron chi connectivity index (χ1n) is 8.32. The molecular weight excluding hydrogens is 300 g/mol. The molecule has 1 N–H and O–H groups in total. The van der Waals surface area contributed by atoms with Crippen molar-refractivity contribution < 1.29 is 9.59 Å². The zero-order chi connectivity index (χ0) is 17.1. The van der Waals surface area contributed by atoms with Gasteiger partial charge in [0, 0.05) is 35.6 Å². The van der Waals surface area contributed by atoms with Crippen molar-refractivity contribution in [3.63, 3.8) is 0 Å². The van der Waals surface area contributed by atoms with E-state index < -0.39 is 0 Å². The molecule has 3 rings (SSSR count). The second-order valence-corrected chi connectivity index (χ2v) is 6.28. The molecule has 1 saturated heterocycles. The molecule has 0 unspecified atom stereocenters. The van der Waals surface area contributed by atoms with Gasteiger partial charge in [0.2, 0.25) is 0 Å². The highest BCUT2D eigenvalue weighted by Crippen LogP contribution is 2.22. The molecule has 1 amide bonds. The second-order valence-electron chi connectivity index (χ2n) is 6.28. The quantitative estimate of drug-likeness (QED) is 0.864. The highest BCUT2D eigenvalue weighted by molar-refractivity contribution is 6.05. The van der Waals surface area contributed by atoms with Crippen LogP contribution in [0.4, 0.5) is 11.4 Å². The fourth-order valence-corrected chi connectivity index (χ4v) is 2.97. The molecular formula is C20H22N2O2. The van der Waals surface area contributed by atoms with Crippen molar-refractivity contribution in [3.05, 3.63) is 59.2 Å². The van der Waals surface area contributed by atoms with Gasteiger partial charge < -0.3 is 10.2 Å². The van der Waals surface area contributed by atoms with Crippen LogP contribution in [0.25, 0.3) is 0 Å². The van der Waals surface area contributed by atoms with Crippen molar-refractivity contribution in [1.82, 2.24) is 0 Å². The Kier molecular flexibility index (Phi) is 4.65. The number of amides is 1. The maximum atomic E-state index is 12.5. The topological polar surface area (TPSA) is 49.4 Å². The molecule has 1 fully saturated rings. The molecule has 1 aliphatic heterocycles. The number of hydrogen-bond acceptors (Lipinski definition) is 3. The van der Waals surface area contributed by atoms with Crippen LogP contribution < -0.4 is 10.2 Å². The molecule has 0 bridgehead atoms. The van der Waals surface area contributed by atoms with Gasteiger partial charge in [0.05, 0.1) is 0 Å². The van der Waals surface area contributed by atoms with Crippen molar-refractivity contribution in [1.29, 1.82) is 0 Å². The molecule has 24 heavy (non-hydrogen) atoms. The van der Waals surface area contributed by atoms with Crippen LogP contribution in [-0.4, -0.2) is 24.8 Å². The van der Waals surface area contributed by atoms with Crippen LogP contribution in [0, 0.1) is 6.92 Å². The number of Topliss-reactive ketones (excluding diaryl/α,β-unsaturated/α-hetero) is 1. The van der Waals surface area contributed by atoms with E-state index in [-0.39, 0.29) is 11.7 Å². The SMILES string of the molecule is CC(=O)c1ccc(C)c(NC(=O)c2ccc(N3CCCC3)cc2)c1. The number of rotatable bonds is 4. The van der Waals surface area contributed by atoms with Crippen molar-refractivity contribution in [2.24, 2.45) is 0 Å². The van der Waals surface area contributed by atoms with Gasteiger partial charge in [0.25, 0.3) is 5.91 Å². The average Bonchev–Trinajstić information content (AvgIpc) is 3.11. The van der Waals surface area contributed by atoms with Gasteiger partial charge in [0.15, 0.2) is 5.78 Å². The smallest absolute Gasteiger partial charge is 0.255 e. The monoisotopic (exact) mass is 322 g/mol. The lowest BCUT2D eigenvalue weighted by molar-refractivity contribution is 0.101. The van der Waals surface area contributed by atoms with Gasteiger partial charge >= 0.3 is 0 Å². The van der Waals surface area contributed by atoms with Crippen LogP contribution >= 0.6 is 0 Å². The predicted octanol–water partition coefficient (Wildman–Crippen LogP) is 4.05. The van der Waals surface area contributed by atoms with Gasteiger partial charge in [-0.1, -0.05) is 12.1 Å². The summed E-state index contributed by atoms with van der Waals surface area (Å²) in [4.78, 5) is 26.3. The lowest BCUT2D eigenvalue weighted by Crippen LogP contribution is -2.18. The van der Waals surface area contributed by atoms with Crippen LogP contribution in [0.5, 0.6) is 0 Å². The summed E-state index contributed by atoms with van der Waals surface area (Å²) in [6, 6.07) is 13.1. The maximum Gasteiger partial charge on any atom is 0.255 e. The molecule has 0 aromatic heterocycles. The second kappa shape index (κ2) is 6.87. The number of hydrogen-bond donors (Lipinski definition) is 1. The van der Waals surface area contributed by atoms with E-state index in [1.807, 2.05) is 37.3 Å². The van der Waals surface area contributed by atoms with Crippen molar-refractivity contribution >= 4 is 23.1 Å². The molecule has 0 spiro atoms. The van der Waals surface area contributed by atoms with E-state index in [1.165, 1.54) is 25.5 Å². The van der Waals surface area contributed by atoms with E-state index >= 15 is 0 Å². The number of aryl methyl sites for hydroxylation is 1. The number of benzene rings is 2. The Morgan fingerprint density at radius 2 is 1.58 bits per heavy atom. The number of carbonyl (C=O) groups excluding carboxylic acids is 2. The van der Waals surface area contributed by atoms with Gasteiger partial charge in [-0.05, 0) is 62.6 Å². The van der Waals surface area contributed by atoms with Crippen LogP contribution in [0.3, 0.4) is 0 Å². The summed E-state index contributed by atoms with van der Waals surface area (Å²) in [5.74, 6) is -0.174. The van der Waals surface area contributed by atoms with Gasteiger partial charge in [-0.25, -0.2) is 0 Å². The Morgan fingerprint density at radius 1 is 0.958 bits per heavy atom. The highest BCUT2D eigenvalue weighted by atomic mass is 16.1. The fourth-order valence-electron chi connectivity index (χ4n) is 2.97. The minimum absolute atomic E-state index is 0.0135. The molecule has 2 aromatic carbocycles. The first-order chi connectivity index (χ1) is 11.5. The molecule has 2 aromatic rings. The summed E-state index contributed by atoms with van der Waals surface area (Å²) in [5, 5.41) is 2.91. The van der Waals surface area contributed by atoms with Crippen molar-refractivity contribution in [2.45, 2.75) is 26.7 Å². The number of ketones is 1. The normalized spacial score (nSPS) is 13.8. The number of nitrogens with one attached hydrogen (secondary N) is 1. The van der Waals surface area contributed by atoms with E-state index in [1.54, 1.807) is 12.1 Å². The Hall–Kier alpha value is -2.62. The largest absolute Gasteiger partial charge is 0.372 e. The molecule has 0 radical (unpaired) electrons.